The zero-order valence-corrected chi connectivity index (χ0v) is 10.4. The quantitative estimate of drug-likeness (QED) is 0.839. The number of nitrogens with two attached hydrogens (primary N) is 1. The van der Waals surface area contributed by atoms with Gasteiger partial charge in [0.2, 0.25) is 0 Å². The van der Waals surface area contributed by atoms with Crippen LogP contribution in [0.2, 0.25) is 0 Å². The van der Waals surface area contributed by atoms with E-state index in [0.29, 0.717) is 17.3 Å². The first-order chi connectivity index (χ1) is 7.53. The van der Waals surface area contributed by atoms with Crippen LogP contribution in [0.4, 0.5) is 8.78 Å². The fraction of sp³-hybridized carbons (Fsp3) is 0.500. The smallest absolute Gasteiger partial charge is 0.143 e. The van der Waals surface area contributed by atoms with Crippen LogP contribution in [0.15, 0.2) is 22.7 Å². The van der Waals surface area contributed by atoms with E-state index in [4.69, 9.17) is 5.73 Å². The summed E-state index contributed by atoms with van der Waals surface area (Å²) in [7, 11) is 0. The van der Waals surface area contributed by atoms with Gasteiger partial charge in [-0.15, -0.1) is 0 Å². The Morgan fingerprint density at radius 1 is 1.44 bits per heavy atom. The lowest BCUT2D eigenvalue weighted by Crippen LogP contribution is -2.36. The largest absolute Gasteiger partial charge is 0.328 e. The van der Waals surface area contributed by atoms with Crippen molar-refractivity contribution in [3.8, 4) is 0 Å². The van der Waals surface area contributed by atoms with Gasteiger partial charge in [-0.1, -0.05) is 12.1 Å². The molecule has 88 valence electrons. The van der Waals surface area contributed by atoms with Crippen molar-refractivity contribution >= 4 is 15.9 Å². The van der Waals surface area contributed by atoms with Crippen LogP contribution < -0.4 is 5.73 Å². The van der Waals surface area contributed by atoms with Crippen molar-refractivity contribution in [1.29, 1.82) is 0 Å². The SMILES string of the molecule is NC1CCCC(F)(c2cccc(Br)c2F)C1. The minimum absolute atomic E-state index is 0.136. The molecule has 2 unspecified atom stereocenters. The molecule has 0 aliphatic heterocycles. The van der Waals surface area contributed by atoms with E-state index in [9.17, 15) is 8.78 Å². The van der Waals surface area contributed by atoms with E-state index in [2.05, 4.69) is 15.9 Å². The molecule has 1 saturated carbocycles. The van der Waals surface area contributed by atoms with Gasteiger partial charge in [0.05, 0.1) is 4.47 Å². The first-order valence-electron chi connectivity index (χ1n) is 5.42. The van der Waals surface area contributed by atoms with Crippen molar-refractivity contribution in [1.82, 2.24) is 0 Å². The third-order valence-electron chi connectivity index (χ3n) is 3.17. The molecular formula is C12H14BrF2N. The van der Waals surface area contributed by atoms with Crippen LogP contribution in [-0.2, 0) is 5.67 Å². The normalized spacial score (nSPS) is 30.4. The summed E-state index contributed by atoms with van der Waals surface area (Å²) in [6.45, 7) is 0. The Bertz CT molecular complexity index is 397. The lowest BCUT2D eigenvalue weighted by molar-refractivity contribution is 0.0903. The monoisotopic (exact) mass is 289 g/mol. The van der Waals surface area contributed by atoms with Gasteiger partial charge in [-0.05, 0) is 41.3 Å². The first kappa shape index (κ1) is 12.0. The summed E-state index contributed by atoms with van der Waals surface area (Å²) < 4.78 is 28.8. The molecule has 0 aromatic heterocycles. The Morgan fingerprint density at radius 2 is 2.19 bits per heavy atom. The maximum absolute atomic E-state index is 14.7. The Labute approximate surface area is 102 Å². The van der Waals surface area contributed by atoms with Gasteiger partial charge < -0.3 is 5.73 Å². The molecule has 1 aromatic carbocycles. The van der Waals surface area contributed by atoms with Crippen molar-refractivity contribution in [2.45, 2.75) is 37.4 Å². The zero-order chi connectivity index (χ0) is 11.8. The van der Waals surface area contributed by atoms with Gasteiger partial charge in [0.25, 0.3) is 0 Å². The van der Waals surface area contributed by atoms with Crippen molar-refractivity contribution < 1.29 is 8.78 Å². The average Bonchev–Trinajstić information content (AvgIpc) is 2.21. The van der Waals surface area contributed by atoms with Gasteiger partial charge in [0, 0.05) is 18.0 Å². The molecule has 2 N–H and O–H groups in total. The Balaban J connectivity index is 2.38. The predicted octanol–water partition coefficient (Wildman–Crippen LogP) is 3.65. The highest BCUT2D eigenvalue weighted by Crippen LogP contribution is 2.42. The number of rotatable bonds is 1. The van der Waals surface area contributed by atoms with Crippen LogP contribution in [0, 0.1) is 5.82 Å². The summed E-state index contributed by atoms with van der Waals surface area (Å²) in [6, 6.07) is 4.57. The van der Waals surface area contributed by atoms with Crippen LogP contribution in [0.1, 0.15) is 31.2 Å². The van der Waals surface area contributed by atoms with Crippen molar-refractivity contribution in [3.63, 3.8) is 0 Å². The highest BCUT2D eigenvalue weighted by atomic mass is 79.9. The Kier molecular flexibility index (Phi) is 3.31. The molecule has 0 heterocycles. The number of hydrogen-bond acceptors (Lipinski definition) is 1. The first-order valence-corrected chi connectivity index (χ1v) is 6.21. The minimum atomic E-state index is -1.61. The number of alkyl halides is 1. The molecule has 4 heteroatoms. The molecule has 0 radical (unpaired) electrons. The average molecular weight is 290 g/mol. The molecule has 0 spiro atoms. The predicted molar refractivity (Wildman–Crippen MR) is 63.3 cm³/mol. The fourth-order valence-electron chi connectivity index (χ4n) is 2.36. The van der Waals surface area contributed by atoms with Gasteiger partial charge >= 0.3 is 0 Å². The highest BCUT2D eigenvalue weighted by molar-refractivity contribution is 9.10. The van der Waals surface area contributed by atoms with E-state index in [0.717, 1.165) is 6.42 Å². The molecule has 1 aliphatic rings. The molecule has 1 fully saturated rings. The number of hydrogen-bond donors (Lipinski definition) is 1. The summed E-state index contributed by atoms with van der Waals surface area (Å²) in [5, 5.41) is 0. The second kappa shape index (κ2) is 4.41. The van der Waals surface area contributed by atoms with E-state index >= 15 is 0 Å². The van der Waals surface area contributed by atoms with Crippen LogP contribution in [0.5, 0.6) is 0 Å². The number of halogens is 3. The third kappa shape index (κ3) is 2.13. The Hall–Kier alpha value is -0.480. The van der Waals surface area contributed by atoms with Crippen molar-refractivity contribution in [2.24, 2.45) is 5.73 Å². The summed E-state index contributed by atoms with van der Waals surface area (Å²) >= 11 is 3.08. The third-order valence-corrected chi connectivity index (χ3v) is 3.78. The molecule has 1 aromatic rings. The lowest BCUT2D eigenvalue weighted by atomic mass is 9.79. The summed E-state index contributed by atoms with van der Waals surface area (Å²) in [5.41, 5.74) is 4.29. The maximum atomic E-state index is 14.7. The van der Waals surface area contributed by atoms with Gasteiger partial charge in [0.1, 0.15) is 11.5 Å². The van der Waals surface area contributed by atoms with E-state index in [-0.39, 0.29) is 18.0 Å². The van der Waals surface area contributed by atoms with Gasteiger partial charge in [-0.25, -0.2) is 8.78 Å². The molecule has 0 amide bonds. The standard InChI is InChI=1S/C12H14BrF2N/c13-10-5-1-4-9(11(10)14)12(15)6-2-3-8(16)7-12/h1,4-5,8H,2-3,6-7,16H2. The molecule has 1 nitrogen and oxygen atoms in total. The second-order valence-electron chi connectivity index (χ2n) is 4.42. The summed E-state index contributed by atoms with van der Waals surface area (Å²) in [4.78, 5) is 0. The molecule has 2 rings (SSSR count). The van der Waals surface area contributed by atoms with Gasteiger partial charge in [-0.2, -0.15) is 0 Å². The second-order valence-corrected chi connectivity index (χ2v) is 5.28. The van der Waals surface area contributed by atoms with Crippen molar-refractivity contribution in [3.05, 3.63) is 34.1 Å². The molecule has 0 saturated heterocycles. The molecular weight excluding hydrogens is 276 g/mol. The van der Waals surface area contributed by atoms with Crippen LogP contribution in [-0.4, -0.2) is 6.04 Å². The van der Waals surface area contributed by atoms with Gasteiger partial charge in [0.15, 0.2) is 0 Å². The Morgan fingerprint density at radius 3 is 2.88 bits per heavy atom. The summed E-state index contributed by atoms with van der Waals surface area (Å²) in [5.74, 6) is -0.501. The van der Waals surface area contributed by atoms with Gasteiger partial charge in [-0.3, -0.25) is 0 Å². The van der Waals surface area contributed by atoms with Crippen LogP contribution >= 0.6 is 15.9 Å². The summed E-state index contributed by atoms with van der Waals surface area (Å²) in [6.07, 6.45) is 2.10. The molecule has 16 heavy (non-hydrogen) atoms. The van der Waals surface area contributed by atoms with E-state index < -0.39 is 11.5 Å². The topological polar surface area (TPSA) is 26.0 Å². The van der Waals surface area contributed by atoms with E-state index in [1.807, 2.05) is 0 Å². The minimum Gasteiger partial charge on any atom is -0.328 e. The van der Waals surface area contributed by atoms with E-state index in [1.54, 1.807) is 12.1 Å². The number of benzene rings is 1. The van der Waals surface area contributed by atoms with Crippen LogP contribution in [0.3, 0.4) is 0 Å². The zero-order valence-electron chi connectivity index (χ0n) is 8.85. The van der Waals surface area contributed by atoms with Crippen LogP contribution in [0.25, 0.3) is 0 Å². The molecule has 0 bridgehead atoms. The fourth-order valence-corrected chi connectivity index (χ4v) is 2.72. The molecule has 2 atom stereocenters. The van der Waals surface area contributed by atoms with Crippen molar-refractivity contribution in [2.75, 3.05) is 0 Å². The lowest BCUT2D eigenvalue weighted by Gasteiger charge is -2.33. The van der Waals surface area contributed by atoms with E-state index in [1.165, 1.54) is 6.07 Å². The highest BCUT2D eigenvalue weighted by Gasteiger charge is 2.39. The maximum Gasteiger partial charge on any atom is 0.143 e. The molecule has 1 aliphatic carbocycles.